The second-order valence-electron chi connectivity index (χ2n) is 4.26. The summed E-state index contributed by atoms with van der Waals surface area (Å²) in [6, 6.07) is 7.57. The minimum absolute atomic E-state index is 0.00368. The highest BCUT2D eigenvalue weighted by molar-refractivity contribution is 5.78. The molecule has 0 radical (unpaired) electrons. The first kappa shape index (κ1) is 12.1. The lowest BCUT2D eigenvalue weighted by Crippen LogP contribution is -2.30. The molecule has 0 spiro atoms. The Kier molecular flexibility index (Phi) is 4.12. The molecule has 1 aromatic rings. The van der Waals surface area contributed by atoms with E-state index in [-0.39, 0.29) is 18.4 Å². The summed E-state index contributed by atoms with van der Waals surface area (Å²) >= 11 is 0. The summed E-state index contributed by atoms with van der Waals surface area (Å²) in [5, 5.41) is 11.9. The Balaban J connectivity index is 1.86. The maximum Gasteiger partial charge on any atom is 0.225 e. The van der Waals surface area contributed by atoms with Crippen LogP contribution in [0.4, 0.5) is 0 Å². The number of hydrogen-bond donors (Lipinski definition) is 2. The van der Waals surface area contributed by atoms with Crippen LogP contribution >= 0.6 is 0 Å². The van der Waals surface area contributed by atoms with Gasteiger partial charge in [-0.05, 0) is 17.5 Å². The van der Waals surface area contributed by atoms with Gasteiger partial charge in [0.1, 0.15) is 0 Å². The lowest BCUT2D eigenvalue weighted by molar-refractivity contribution is -0.125. The van der Waals surface area contributed by atoms with E-state index in [1.807, 2.05) is 24.3 Å². The zero-order chi connectivity index (χ0) is 12.1. The van der Waals surface area contributed by atoms with Crippen molar-refractivity contribution in [2.75, 3.05) is 13.2 Å². The van der Waals surface area contributed by atoms with Crippen LogP contribution in [0.5, 0.6) is 0 Å². The number of nitrogens with one attached hydrogen (secondary N) is 1. The van der Waals surface area contributed by atoms with Crippen molar-refractivity contribution in [3.8, 4) is 0 Å². The van der Waals surface area contributed by atoms with Crippen LogP contribution in [0.1, 0.15) is 17.5 Å². The predicted molar refractivity (Wildman–Crippen MR) is 63.1 cm³/mol. The molecule has 0 aliphatic carbocycles. The number of benzene rings is 1. The molecule has 92 valence electrons. The highest BCUT2D eigenvalue weighted by atomic mass is 16.5. The Morgan fingerprint density at radius 3 is 3.00 bits per heavy atom. The second kappa shape index (κ2) is 5.80. The van der Waals surface area contributed by atoms with Gasteiger partial charge in [-0.2, -0.15) is 0 Å². The van der Waals surface area contributed by atoms with Gasteiger partial charge in [0.2, 0.25) is 5.91 Å². The number of carbonyl (C=O) groups is 1. The zero-order valence-electron chi connectivity index (χ0n) is 9.69. The van der Waals surface area contributed by atoms with E-state index < -0.39 is 0 Å². The van der Waals surface area contributed by atoms with E-state index in [1.54, 1.807) is 0 Å². The zero-order valence-corrected chi connectivity index (χ0v) is 9.69. The number of ether oxygens (including phenoxy) is 1. The average molecular weight is 235 g/mol. The molecule has 1 amide bonds. The Morgan fingerprint density at radius 2 is 2.29 bits per heavy atom. The molecule has 4 heteroatoms. The average Bonchev–Trinajstić information content (AvgIpc) is 2.90. The van der Waals surface area contributed by atoms with E-state index in [4.69, 9.17) is 9.84 Å². The number of rotatable bonds is 4. The van der Waals surface area contributed by atoms with Crippen molar-refractivity contribution >= 4 is 5.91 Å². The maximum absolute atomic E-state index is 11.7. The molecule has 1 fully saturated rings. The van der Waals surface area contributed by atoms with E-state index >= 15 is 0 Å². The number of aliphatic hydroxyl groups is 1. The summed E-state index contributed by atoms with van der Waals surface area (Å²) in [5.41, 5.74) is 1.87. The van der Waals surface area contributed by atoms with Gasteiger partial charge in [-0.1, -0.05) is 24.3 Å². The first-order valence-electron chi connectivity index (χ1n) is 5.83. The summed E-state index contributed by atoms with van der Waals surface area (Å²) < 4.78 is 5.17. The first-order valence-corrected chi connectivity index (χ1v) is 5.83. The van der Waals surface area contributed by atoms with Crippen LogP contribution in [0.3, 0.4) is 0 Å². The number of hydrogen-bond acceptors (Lipinski definition) is 3. The molecule has 2 N–H and O–H groups in total. The minimum Gasteiger partial charge on any atom is -0.392 e. The molecular weight excluding hydrogens is 218 g/mol. The number of amides is 1. The van der Waals surface area contributed by atoms with Crippen LogP contribution in [-0.2, 0) is 22.7 Å². The topological polar surface area (TPSA) is 58.6 Å². The van der Waals surface area contributed by atoms with Gasteiger partial charge in [0.25, 0.3) is 0 Å². The lowest BCUT2D eigenvalue weighted by atomic mass is 10.1. The van der Waals surface area contributed by atoms with Crippen molar-refractivity contribution in [3.63, 3.8) is 0 Å². The van der Waals surface area contributed by atoms with Gasteiger partial charge in [0.05, 0.1) is 19.1 Å². The highest BCUT2D eigenvalue weighted by Crippen LogP contribution is 2.12. The fourth-order valence-electron chi connectivity index (χ4n) is 1.91. The van der Waals surface area contributed by atoms with Gasteiger partial charge >= 0.3 is 0 Å². The van der Waals surface area contributed by atoms with Crippen molar-refractivity contribution < 1.29 is 14.6 Å². The van der Waals surface area contributed by atoms with E-state index in [0.29, 0.717) is 19.8 Å². The maximum atomic E-state index is 11.7. The molecular formula is C13H17NO3. The van der Waals surface area contributed by atoms with Gasteiger partial charge in [-0.3, -0.25) is 4.79 Å². The monoisotopic (exact) mass is 235 g/mol. The van der Waals surface area contributed by atoms with Crippen molar-refractivity contribution in [2.45, 2.75) is 19.6 Å². The molecule has 1 atom stereocenters. The molecule has 1 aromatic carbocycles. The van der Waals surface area contributed by atoms with Crippen LogP contribution in [0.25, 0.3) is 0 Å². The Bertz CT molecular complexity index is 386. The molecule has 1 aliphatic heterocycles. The SMILES string of the molecule is O=C(NCc1cccc(CO)c1)C1CCOC1. The number of aliphatic hydroxyl groups excluding tert-OH is 1. The fourth-order valence-corrected chi connectivity index (χ4v) is 1.91. The molecule has 0 bridgehead atoms. The Labute approximate surface area is 101 Å². The van der Waals surface area contributed by atoms with Crippen molar-refractivity contribution in [2.24, 2.45) is 5.92 Å². The van der Waals surface area contributed by atoms with Crippen molar-refractivity contribution in [3.05, 3.63) is 35.4 Å². The normalized spacial score (nSPS) is 19.2. The van der Waals surface area contributed by atoms with Crippen LogP contribution in [0, 0.1) is 5.92 Å². The second-order valence-corrected chi connectivity index (χ2v) is 4.26. The molecule has 1 aliphatic rings. The standard InChI is InChI=1S/C13H17NO3/c15-8-11-3-1-2-10(6-11)7-14-13(16)12-4-5-17-9-12/h1-3,6,12,15H,4-5,7-9H2,(H,14,16). The van der Waals surface area contributed by atoms with Crippen LogP contribution < -0.4 is 5.32 Å². The molecule has 0 aromatic heterocycles. The van der Waals surface area contributed by atoms with E-state index in [1.165, 1.54) is 0 Å². The molecule has 1 unspecified atom stereocenters. The molecule has 1 saturated heterocycles. The molecule has 4 nitrogen and oxygen atoms in total. The Hall–Kier alpha value is -1.39. The first-order chi connectivity index (χ1) is 8.29. The van der Waals surface area contributed by atoms with E-state index in [9.17, 15) is 4.79 Å². The predicted octanol–water partition coefficient (Wildman–Crippen LogP) is 0.832. The van der Waals surface area contributed by atoms with Gasteiger partial charge in [0.15, 0.2) is 0 Å². The molecule has 0 saturated carbocycles. The van der Waals surface area contributed by atoms with Crippen molar-refractivity contribution in [1.29, 1.82) is 0 Å². The third-order valence-corrected chi connectivity index (χ3v) is 2.94. The van der Waals surface area contributed by atoms with Crippen LogP contribution in [0.15, 0.2) is 24.3 Å². The van der Waals surface area contributed by atoms with Gasteiger partial charge in [-0.15, -0.1) is 0 Å². The third-order valence-electron chi connectivity index (χ3n) is 2.94. The highest BCUT2D eigenvalue weighted by Gasteiger charge is 2.22. The number of carbonyl (C=O) groups excluding carboxylic acids is 1. The molecule has 1 heterocycles. The van der Waals surface area contributed by atoms with Crippen LogP contribution in [0.2, 0.25) is 0 Å². The molecule has 2 rings (SSSR count). The summed E-state index contributed by atoms with van der Waals surface area (Å²) in [7, 11) is 0. The van der Waals surface area contributed by atoms with E-state index in [0.717, 1.165) is 17.5 Å². The van der Waals surface area contributed by atoms with Gasteiger partial charge in [-0.25, -0.2) is 0 Å². The largest absolute Gasteiger partial charge is 0.392 e. The van der Waals surface area contributed by atoms with Gasteiger partial charge in [0, 0.05) is 13.2 Å². The summed E-state index contributed by atoms with van der Waals surface area (Å²) in [4.78, 5) is 11.7. The van der Waals surface area contributed by atoms with Crippen molar-refractivity contribution in [1.82, 2.24) is 5.32 Å². The van der Waals surface area contributed by atoms with Gasteiger partial charge < -0.3 is 15.2 Å². The van der Waals surface area contributed by atoms with E-state index in [2.05, 4.69) is 5.32 Å². The summed E-state index contributed by atoms with van der Waals surface area (Å²) in [6.07, 6.45) is 0.808. The Morgan fingerprint density at radius 1 is 1.47 bits per heavy atom. The smallest absolute Gasteiger partial charge is 0.225 e. The summed E-state index contributed by atoms with van der Waals surface area (Å²) in [6.45, 7) is 1.74. The minimum atomic E-state index is -0.00368. The van der Waals surface area contributed by atoms with Crippen LogP contribution in [-0.4, -0.2) is 24.2 Å². The summed E-state index contributed by atoms with van der Waals surface area (Å²) in [5.74, 6) is 0.0490. The molecule has 17 heavy (non-hydrogen) atoms. The third kappa shape index (κ3) is 3.28. The lowest BCUT2D eigenvalue weighted by Gasteiger charge is -2.09. The fraction of sp³-hybridized carbons (Fsp3) is 0.462. The quantitative estimate of drug-likeness (QED) is 0.812.